The first-order chi connectivity index (χ1) is 11.3. The van der Waals surface area contributed by atoms with Gasteiger partial charge < -0.3 is 5.32 Å². The highest BCUT2D eigenvalue weighted by atomic mass is 32.2. The van der Waals surface area contributed by atoms with Crippen molar-refractivity contribution in [1.82, 2.24) is 4.98 Å². The summed E-state index contributed by atoms with van der Waals surface area (Å²) in [5, 5.41) is 11.7. The number of pyridine rings is 1. The van der Waals surface area contributed by atoms with Crippen molar-refractivity contribution >= 4 is 23.4 Å². The van der Waals surface area contributed by atoms with Gasteiger partial charge in [-0.1, -0.05) is 11.8 Å². The molecular weight excluding hydrogens is 332 g/mol. The maximum atomic E-state index is 13.2. The van der Waals surface area contributed by atoms with Gasteiger partial charge in [-0.05, 0) is 44.5 Å². The zero-order valence-corrected chi connectivity index (χ0v) is 14.2. The quantitative estimate of drug-likeness (QED) is 0.850. The standard InChI is InChI=1S/C17H15F2N3OS/c1-9-6-10(2)21-17(13(9)8-20)24-11(3)16(23)22-12-4-5-14(18)15(19)7-12/h4-7,11H,1-3H3,(H,22,23). The molecule has 2 aromatic rings. The van der Waals surface area contributed by atoms with Crippen molar-refractivity contribution in [2.75, 3.05) is 5.32 Å². The first-order valence-electron chi connectivity index (χ1n) is 7.12. The van der Waals surface area contributed by atoms with Crippen molar-refractivity contribution in [2.24, 2.45) is 0 Å². The predicted octanol–water partition coefficient (Wildman–Crippen LogP) is 3.97. The van der Waals surface area contributed by atoms with Crippen LogP contribution in [0.3, 0.4) is 0 Å². The van der Waals surface area contributed by atoms with E-state index in [1.54, 1.807) is 13.0 Å². The van der Waals surface area contributed by atoms with Gasteiger partial charge in [-0.2, -0.15) is 5.26 Å². The Hall–Kier alpha value is -2.46. The van der Waals surface area contributed by atoms with Crippen molar-refractivity contribution in [3.8, 4) is 6.07 Å². The van der Waals surface area contributed by atoms with E-state index in [1.807, 2.05) is 13.8 Å². The zero-order chi connectivity index (χ0) is 17.9. The molecule has 7 heteroatoms. The molecule has 1 atom stereocenters. The Balaban J connectivity index is 2.15. The van der Waals surface area contributed by atoms with E-state index in [2.05, 4.69) is 16.4 Å². The molecule has 1 unspecified atom stereocenters. The first-order valence-corrected chi connectivity index (χ1v) is 8.00. The van der Waals surface area contributed by atoms with E-state index in [4.69, 9.17) is 0 Å². The number of nitriles is 1. The number of carbonyl (C=O) groups excluding carboxylic acids is 1. The summed E-state index contributed by atoms with van der Waals surface area (Å²) in [4.78, 5) is 16.5. The van der Waals surface area contributed by atoms with E-state index in [0.717, 1.165) is 35.2 Å². The summed E-state index contributed by atoms with van der Waals surface area (Å²) in [6, 6.07) is 7.04. The molecular formula is C17H15F2N3OS. The number of carbonyl (C=O) groups is 1. The summed E-state index contributed by atoms with van der Waals surface area (Å²) in [7, 11) is 0. The van der Waals surface area contributed by atoms with E-state index in [-0.39, 0.29) is 5.69 Å². The number of halogens is 2. The Kier molecular flexibility index (Phi) is 5.52. The molecule has 0 bridgehead atoms. The number of rotatable bonds is 4. The third-order valence-corrected chi connectivity index (χ3v) is 4.35. The minimum atomic E-state index is -1.03. The Bertz CT molecular complexity index is 833. The van der Waals surface area contributed by atoms with Gasteiger partial charge in [0.2, 0.25) is 5.91 Å². The molecule has 2 rings (SSSR count). The second kappa shape index (κ2) is 7.41. The minimum absolute atomic E-state index is 0.167. The fourth-order valence-corrected chi connectivity index (χ4v) is 3.08. The van der Waals surface area contributed by atoms with Crippen LogP contribution in [-0.2, 0) is 4.79 Å². The van der Waals surface area contributed by atoms with Crippen LogP contribution in [0.25, 0.3) is 0 Å². The van der Waals surface area contributed by atoms with Gasteiger partial charge in [-0.15, -0.1) is 0 Å². The third-order valence-electron chi connectivity index (χ3n) is 3.27. The number of aromatic nitrogens is 1. The number of thioether (sulfide) groups is 1. The topological polar surface area (TPSA) is 65.8 Å². The van der Waals surface area contributed by atoms with Gasteiger partial charge in [0.15, 0.2) is 11.6 Å². The maximum absolute atomic E-state index is 13.2. The number of aryl methyl sites for hydroxylation is 2. The monoisotopic (exact) mass is 347 g/mol. The molecule has 0 saturated heterocycles. The van der Waals surface area contributed by atoms with Crippen LogP contribution >= 0.6 is 11.8 Å². The molecule has 24 heavy (non-hydrogen) atoms. The lowest BCUT2D eigenvalue weighted by Gasteiger charge is -2.13. The number of amides is 1. The summed E-state index contributed by atoms with van der Waals surface area (Å²) in [5.74, 6) is -2.40. The summed E-state index contributed by atoms with van der Waals surface area (Å²) < 4.78 is 26.1. The molecule has 1 aromatic carbocycles. The Morgan fingerprint density at radius 1 is 1.29 bits per heavy atom. The first kappa shape index (κ1) is 17.9. The molecule has 4 nitrogen and oxygen atoms in total. The number of nitrogens with one attached hydrogen (secondary N) is 1. The molecule has 1 N–H and O–H groups in total. The average Bonchev–Trinajstić information content (AvgIpc) is 2.50. The van der Waals surface area contributed by atoms with Gasteiger partial charge >= 0.3 is 0 Å². The Morgan fingerprint density at radius 2 is 2.00 bits per heavy atom. The van der Waals surface area contributed by atoms with Gasteiger partial charge in [0.05, 0.1) is 10.8 Å². The summed E-state index contributed by atoms with van der Waals surface area (Å²) in [6.07, 6.45) is 0. The summed E-state index contributed by atoms with van der Waals surface area (Å²) in [6.45, 7) is 5.27. The molecule has 0 aliphatic carbocycles. The smallest absolute Gasteiger partial charge is 0.237 e. The minimum Gasteiger partial charge on any atom is -0.325 e. The van der Waals surface area contributed by atoms with Crippen molar-refractivity contribution < 1.29 is 13.6 Å². The molecule has 124 valence electrons. The Morgan fingerprint density at radius 3 is 2.62 bits per heavy atom. The lowest BCUT2D eigenvalue weighted by Crippen LogP contribution is -2.22. The van der Waals surface area contributed by atoms with Crippen LogP contribution in [0.4, 0.5) is 14.5 Å². The SMILES string of the molecule is Cc1cc(C)c(C#N)c(SC(C)C(=O)Nc2ccc(F)c(F)c2)n1. The third kappa shape index (κ3) is 4.09. The van der Waals surface area contributed by atoms with Crippen LogP contribution in [0.2, 0.25) is 0 Å². The summed E-state index contributed by atoms with van der Waals surface area (Å²) >= 11 is 1.14. The van der Waals surface area contributed by atoms with Crippen LogP contribution in [0.5, 0.6) is 0 Å². The van der Waals surface area contributed by atoms with E-state index < -0.39 is 22.8 Å². The Labute approximate surface area is 142 Å². The lowest BCUT2D eigenvalue weighted by atomic mass is 10.1. The number of hydrogen-bond donors (Lipinski definition) is 1. The zero-order valence-electron chi connectivity index (χ0n) is 13.4. The van der Waals surface area contributed by atoms with E-state index in [9.17, 15) is 18.8 Å². The lowest BCUT2D eigenvalue weighted by molar-refractivity contribution is -0.115. The molecule has 1 amide bonds. The van der Waals surface area contributed by atoms with Gasteiger partial charge in [-0.25, -0.2) is 13.8 Å². The number of benzene rings is 1. The summed E-state index contributed by atoms with van der Waals surface area (Å²) in [5.41, 5.74) is 2.14. The van der Waals surface area contributed by atoms with E-state index >= 15 is 0 Å². The maximum Gasteiger partial charge on any atom is 0.237 e. The van der Waals surface area contributed by atoms with Crippen LogP contribution in [-0.4, -0.2) is 16.1 Å². The number of anilines is 1. The highest BCUT2D eigenvalue weighted by Gasteiger charge is 2.19. The second-order valence-electron chi connectivity index (χ2n) is 5.25. The van der Waals surface area contributed by atoms with Crippen LogP contribution in [0, 0.1) is 36.8 Å². The second-order valence-corrected chi connectivity index (χ2v) is 6.58. The van der Waals surface area contributed by atoms with E-state index in [0.29, 0.717) is 10.6 Å². The molecule has 1 aromatic heterocycles. The molecule has 0 saturated carbocycles. The van der Waals surface area contributed by atoms with Gasteiger partial charge in [0, 0.05) is 17.4 Å². The van der Waals surface area contributed by atoms with Crippen LogP contribution in [0.15, 0.2) is 29.3 Å². The number of hydrogen-bond acceptors (Lipinski definition) is 4. The largest absolute Gasteiger partial charge is 0.325 e. The van der Waals surface area contributed by atoms with E-state index in [1.165, 1.54) is 6.07 Å². The fourth-order valence-electron chi connectivity index (χ4n) is 2.06. The van der Waals surface area contributed by atoms with Crippen molar-refractivity contribution in [3.05, 3.63) is 52.7 Å². The van der Waals surface area contributed by atoms with Gasteiger partial charge in [0.25, 0.3) is 0 Å². The van der Waals surface area contributed by atoms with Gasteiger partial charge in [0.1, 0.15) is 11.1 Å². The highest BCUT2D eigenvalue weighted by molar-refractivity contribution is 8.00. The molecule has 0 spiro atoms. The number of nitrogens with zero attached hydrogens (tertiary/aromatic N) is 2. The van der Waals surface area contributed by atoms with Gasteiger partial charge in [-0.3, -0.25) is 4.79 Å². The van der Waals surface area contributed by atoms with Crippen molar-refractivity contribution in [1.29, 1.82) is 5.26 Å². The molecule has 1 heterocycles. The van der Waals surface area contributed by atoms with Crippen molar-refractivity contribution in [2.45, 2.75) is 31.0 Å². The molecule has 0 radical (unpaired) electrons. The highest BCUT2D eigenvalue weighted by Crippen LogP contribution is 2.28. The normalized spacial score (nSPS) is 11.7. The van der Waals surface area contributed by atoms with Crippen LogP contribution in [0.1, 0.15) is 23.7 Å². The predicted molar refractivity (Wildman–Crippen MR) is 88.7 cm³/mol. The molecule has 0 fully saturated rings. The molecule has 0 aliphatic heterocycles. The van der Waals surface area contributed by atoms with Crippen molar-refractivity contribution in [3.63, 3.8) is 0 Å². The fraction of sp³-hybridized carbons (Fsp3) is 0.235. The molecule has 0 aliphatic rings. The van der Waals surface area contributed by atoms with Crippen LogP contribution < -0.4 is 5.32 Å². The average molecular weight is 347 g/mol.